The molecule has 0 aliphatic heterocycles. The van der Waals surface area contributed by atoms with Crippen molar-refractivity contribution in [1.29, 1.82) is 0 Å². The number of benzene rings is 1. The summed E-state index contributed by atoms with van der Waals surface area (Å²) in [4.78, 5) is 0. The fraction of sp³-hybridized carbons (Fsp3) is 0.500. The molecule has 0 heterocycles. The first kappa shape index (κ1) is 15.5. The summed E-state index contributed by atoms with van der Waals surface area (Å²) >= 11 is 1.48. The molecule has 0 aromatic heterocycles. The van der Waals surface area contributed by atoms with E-state index in [1.807, 2.05) is 12.3 Å². The highest BCUT2D eigenvalue weighted by atomic mass is 32.2. The number of aliphatic hydroxyl groups is 1. The maximum absolute atomic E-state index is 11.8. The van der Waals surface area contributed by atoms with Crippen LogP contribution in [-0.2, 0) is 15.8 Å². The topological polar surface area (TPSA) is 66.4 Å². The molecule has 0 aliphatic rings. The lowest BCUT2D eigenvalue weighted by Gasteiger charge is -2.22. The highest BCUT2D eigenvalue weighted by Crippen LogP contribution is 2.10. The monoisotopic (exact) mass is 289 g/mol. The Morgan fingerprint density at radius 1 is 1.33 bits per heavy atom. The van der Waals surface area contributed by atoms with Gasteiger partial charge in [0, 0.05) is 12.3 Å². The normalized spacial score (nSPS) is 15.3. The average Bonchev–Trinajstić information content (AvgIpc) is 2.28. The molecule has 1 unspecified atom stereocenters. The van der Waals surface area contributed by atoms with Gasteiger partial charge in [0.1, 0.15) is 0 Å². The summed E-state index contributed by atoms with van der Waals surface area (Å²) in [5, 5.41) is 9.90. The highest BCUT2D eigenvalue weighted by molar-refractivity contribution is 7.98. The molecule has 0 fully saturated rings. The fourth-order valence-corrected chi connectivity index (χ4v) is 3.46. The van der Waals surface area contributed by atoms with E-state index in [0.717, 1.165) is 5.56 Å². The van der Waals surface area contributed by atoms with Crippen LogP contribution in [0.1, 0.15) is 12.5 Å². The van der Waals surface area contributed by atoms with Crippen LogP contribution < -0.4 is 4.72 Å². The molecule has 0 saturated carbocycles. The van der Waals surface area contributed by atoms with Gasteiger partial charge in [0.25, 0.3) is 0 Å². The first-order valence-electron chi connectivity index (χ1n) is 5.57. The summed E-state index contributed by atoms with van der Waals surface area (Å²) in [5.41, 5.74) is -0.294. The van der Waals surface area contributed by atoms with Crippen LogP contribution in [0.2, 0.25) is 0 Å². The van der Waals surface area contributed by atoms with E-state index in [0.29, 0.717) is 5.75 Å². The summed E-state index contributed by atoms with van der Waals surface area (Å²) in [6.07, 6.45) is 1.87. The van der Waals surface area contributed by atoms with Gasteiger partial charge >= 0.3 is 0 Å². The number of hydrogen-bond acceptors (Lipinski definition) is 4. The lowest BCUT2D eigenvalue weighted by atomic mass is 10.1. The van der Waals surface area contributed by atoms with Gasteiger partial charge in [-0.05, 0) is 18.7 Å². The highest BCUT2D eigenvalue weighted by Gasteiger charge is 2.22. The van der Waals surface area contributed by atoms with Gasteiger partial charge in [0.2, 0.25) is 10.0 Å². The average molecular weight is 289 g/mol. The van der Waals surface area contributed by atoms with Gasteiger partial charge < -0.3 is 5.11 Å². The molecule has 1 atom stereocenters. The zero-order valence-corrected chi connectivity index (χ0v) is 12.2. The van der Waals surface area contributed by atoms with Gasteiger partial charge in [0.15, 0.2) is 0 Å². The van der Waals surface area contributed by atoms with Gasteiger partial charge in [-0.3, -0.25) is 0 Å². The van der Waals surface area contributed by atoms with Crippen molar-refractivity contribution in [2.75, 3.05) is 18.6 Å². The van der Waals surface area contributed by atoms with Crippen LogP contribution in [0.5, 0.6) is 0 Å². The van der Waals surface area contributed by atoms with E-state index < -0.39 is 15.6 Å². The van der Waals surface area contributed by atoms with Crippen molar-refractivity contribution in [1.82, 2.24) is 4.72 Å². The van der Waals surface area contributed by atoms with Crippen molar-refractivity contribution in [3.05, 3.63) is 35.9 Å². The van der Waals surface area contributed by atoms with E-state index in [1.54, 1.807) is 31.2 Å². The zero-order valence-electron chi connectivity index (χ0n) is 10.6. The van der Waals surface area contributed by atoms with Crippen LogP contribution in [0.15, 0.2) is 30.3 Å². The Morgan fingerprint density at radius 3 is 2.50 bits per heavy atom. The lowest BCUT2D eigenvalue weighted by Crippen LogP contribution is -2.42. The van der Waals surface area contributed by atoms with Crippen molar-refractivity contribution < 1.29 is 13.5 Å². The Kier molecular flexibility index (Phi) is 5.65. The Morgan fingerprint density at radius 2 is 1.94 bits per heavy atom. The number of sulfonamides is 1. The predicted molar refractivity (Wildman–Crippen MR) is 76.1 cm³/mol. The molecular formula is C12H19NO3S2. The fourth-order valence-electron chi connectivity index (χ4n) is 1.47. The smallest absolute Gasteiger partial charge is 0.215 e. The van der Waals surface area contributed by atoms with Gasteiger partial charge in [-0.2, -0.15) is 11.8 Å². The summed E-state index contributed by atoms with van der Waals surface area (Å²) in [7, 11) is -3.41. The molecule has 4 nitrogen and oxygen atoms in total. The van der Waals surface area contributed by atoms with Crippen LogP contribution in [-0.4, -0.2) is 37.7 Å². The third-order valence-electron chi connectivity index (χ3n) is 2.33. The maximum Gasteiger partial charge on any atom is 0.215 e. The quantitative estimate of drug-likeness (QED) is 0.792. The van der Waals surface area contributed by atoms with E-state index in [2.05, 4.69) is 4.72 Å². The molecule has 0 amide bonds. The molecule has 0 spiro atoms. The van der Waals surface area contributed by atoms with Crippen molar-refractivity contribution in [2.45, 2.75) is 18.3 Å². The second-order valence-corrected chi connectivity index (χ2v) is 7.17. The lowest BCUT2D eigenvalue weighted by molar-refractivity contribution is 0.0908. The minimum absolute atomic E-state index is 0.0308. The first-order chi connectivity index (χ1) is 8.35. The number of nitrogens with one attached hydrogen (secondary N) is 1. The summed E-state index contributed by atoms with van der Waals surface area (Å²) < 4.78 is 26.1. The molecule has 0 aliphatic carbocycles. The molecule has 1 rings (SSSR count). The van der Waals surface area contributed by atoms with Crippen molar-refractivity contribution >= 4 is 21.8 Å². The number of rotatable bonds is 7. The predicted octanol–water partition coefficient (Wildman–Crippen LogP) is 1.22. The van der Waals surface area contributed by atoms with Crippen molar-refractivity contribution in [2.24, 2.45) is 0 Å². The molecule has 0 bridgehead atoms. The first-order valence-corrected chi connectivity index (χ1v) is 8.62. The second kappa shape index (κ2) is 6.56. The van der Waals surface area contributed by atoms with Crippen molar-refractivity contribution in [3.8, 4) is 0 Å². The Labute approximate surface area is 113 Å². The largest absolute Gasteiger partial charge is 0.388 e. The molecule has 0 saturated heterocycles. The Bertz CT molecular complexity index is 457. The van der Waals surface area contributed by atoms with E-state index in [1.165, 1.54) is 11.8 Å². The van der Waals surface area contributed by atoms with E-state index in [-0.39, 0.29) is 12.3 Å². The third-order valence-corrected chi connectivity index (χ3v) is 4.54. The Balaban J connectivity index is 2.56. The van der Waals surface area contributed by atoms with E-state index in [4.69, 9.17) is 0 Å². The van der Waals surface area contributed by atoms with Crippen LogP contribution in [0, 0.1) is 0 Å². The summed E-state index contributed by atoms with van der Waals surface area (Å²) in [6.45, 7) is 1.65. The molecule has 18 heavy (non-hydrogen) atoms. The molecule has 1 aromatic rings. The van der Waals surface area contributed by atoms with Gasteiger partial charge in [-0.25, -0.2) is 13.1 Å². The van der Waals surface area contributed by atoms with Gasteiger partial charge in [0.05, 0.1) is 11.4 Å². The minimum atomic E-state index is -3.41. The number of thioether (sulfide) groups is 1. The molecule has 0 radical (unpaired) electrons. The molecule has 6 heteroatoms. The zero-order chi connectivity index (χ0) is 13.6. The molecular weight excluding hydrogens is 270 g/mol. The van der Waals surface area contributed by atoms with Crippen LogP contribution in [0.25, 0.3) is 0 Å². The molecule has 102 valence electrons. The summed E-state index contributed by atoms with van der Waals surface area (Å²) in [6, 6.07) is 8.97. The van der Waals surface area contributed by atoms with Crippen LogP contribution in [0.4, 0.5) is 0 Å². The SMILES string of the molecule is CSCC(C)(O)CNS(=O)(=O)Cc1ccccc1. The van der Waals surface area contributed by atoms with Crippen molar-refractivity contribution in [3.63, 3.8) is 0 Å². The Hall–Kier alpha value is -0.560. The van der Waals surface area contributed by atoms with E-state index >= 15 is 0 Å². The van der Waals surface area contributed by atoms with Crippen LogP contribution >= 0.6 is 11.8 Å². The third kappa shape index (κ3) is 5.86. The standard InChI is InChI=1S/C12H19NO3S2/c1-12(14,10-17-2)9-13-18(15,16)8-11-6-4-3-5-7-11/h3-7,13-14H,8-10H2,1-2H3. The number of hydrogen-bond donors (Lipinski definition) is 2. The van der Waals surface area contributed by atoms with E-state index in [9.17, 15) is 13.5 Å². The van der Waals surface area contributed by atoms with Gasteiger partial charge in [-0.1, -0.05) is 30.3 Å². The van der Waals surface area contributed by atoms with Crippen LogP contribution in [0.3, 0.4) is 0 Å². The minimum Gasteiger partial charge on any atom is -0.388 e. The summed E-state index contributed by atoms with van der Waals surface area (Å²) in [5.74, 6) is 0.421. The molecule has 1 aromatic carbocycles. The molecule has 2 N–H and O–H groups in total. The maximum atomic E-state index is 11.8. The second-order valence-electron chi connectivity index (χ2n) is 4.50. The van der Waals surface area contributed by atoms with Gasteiger partial charge in [-0.15, -0.1) is 0 Å².